The van der Waals surface area contributed by atoms with Gasteiger partial charge in [-0.25, -0.2) is 0 Å². The van der Waals surface area contributed by atoms with E-state index in [0.29, 0.717) is 35.3 Å². The van der Waals surface area contributed by atoms with Gasteiger partial charge in [0.15, 0.2) is 5.78 Å². The second-order valence-electron chi connectivity index (χ2n) is 11.1. The second kappa shape index (κ2) is 10.5. The largest absolute Gasteiger partial charge is 0.496 e. The Labute approximate surface area is 246 Å². The van der Waals surface area contributed by atoms with E-state index in [0.717, 1.165) is 21.4 Å². The Kier molecular flexibility index (Phi) is 7.21. The highest BCUT2D eigenvalue weighted by Crippen LogP contribution is 2.51. The lowest BCUT2D eigenvalue weighted by atomic mass is 9.68. The molecule has 5 rings (SSSR count). The van der Waals surface area contributed by atoms with E-state index in [1.165, 1.54) is 24.2 Å². The van der Waals surface area contributed by atoms with Crippen molar-refractivity contribution in [3.05, 3.63) is 103 Å². The number of hydrogen-bond acceptors (Lipinski definition) is 8. The first-order valence-electron chi connectivity index (χ1n) is 13.0. The molecular formula is C30H29BrN6O4. The van der Waals surface area contributed by atoms with Gasteiger partial charge in [-0.2, -0.15) is 10.4 Å². The Balaban J connectivity index is 1.69. The molecule has 0 fully saturated rings. The van der Waals surface area contributed by atoms with Crippen molar-refractivity contribution in [2.75, 3.05) is 12.0 Å². The van der Waals surface area contributed by atoms with Crippen LogP contribution in [0.15, 0.2) is 75.9 Å². The van der Waals surface area contributed by atoms with E-state index in [-0.39, 0.29) is 34.8 Å². The minimum absolute atomic E-state index is 0.0265. The van der Waals surface area contributed by atoms with Gasteiger partial charge in [0.25, 0.3) is 0 Å². The zero-order chi connectivity index (χ0) is 29.6. The number of carbonyl (C=O) groups is 1. The second-order valence-corrected chi connectivity index (χ2v) is 12.1. The number of nitrogens with two attached hydrogens (primary N) is 1. The van der Waals surface area contributed by atoms with Gasteiger partial charge in [0, 0.05) is 27.7 Å². The zero-order valence-corrected chi connectivity index (χ0v) is 24.7. The number of ketones is 1. The Hall–Kier alpha value is -4.43. The molecule has 1 unspecified atom stereocenters. The number of aromatic nitrogens is 2. The fraction of sp³-hybridized carbons (Fsp3) is 0.300. The monoisotopic (exact) mass is 616 g/mol. The van der Waals surface area contributed by atoms with Crippen molar-refractivity contribution >= 4 is 33.1 Å². The first-order chi connectivity index (χ1) is 19.4. The highest BCUT2D eigenvalue weighted by atomic mass is 79.9. The summed E-state index contributed by atoms with van der Waals surface area (Å²) in [5, 5.41) is 25.7. The predicted octanol–water partition coefficient (Wildman–Crippen LogP) is 5.86. The molecule has 0 amide bonds. The highest BCUT2D eigenvalue weighted by molar-refractivity contribution is 9.10. The molecule has 2 N–H and O–H groups in total. The summed E-state index contributed by atoms with van der Waals surface area (Å²) < 4.78 is 7.94. The predicted molar refractivity (Wildman–Crippen MR) is 157 cm³/mol. The zero-order valence-electron chi connectivity index (χ0n) is 23.1. The van der Waals surface area contributed by atoms with Gasteiger partial charge in [0.05, 0.1) is 41.8 Å². The van der Waals surface area contributed by atoms with Crippen LogP contribution in [0, 0.1) is 33.8 Å². The van der Waals surface area contributed by atoms with Crippen LogP contribution in [0.3, 0.4) is 0 Å². The Morgan fingerprint density at radius 3 is 2.66 bits per heavy atom. The van der Waals surface area contributed by atoms with Crippen molar-refractivity contribution in [1.82, 2.24) is 9.78 Å². The average molecular weight is 618 g/mol. The van der Waals surface area contributed by atoms with Gasteiger partial charge >= 0.3 is 5.69 Å². The van der Waals surface area contributed by atoms with Gasteiger partial charge in [-0.05, 0) is 60.2 Å². The summed E-state index contributed by atoms with van der Waals surface area (Å²) in [5.41, 5.74) is 11.2. The number of allylic oxidation sites excluding steroid dienone is 3. The number of nitro groups is 1. The molecule has 0 radical (unpaired) electrons. The van der Waals surface area contributed by atoms with E-state index in [4.69, 9.17) is 10.5 Å². The van der Waals surface area contributed by atoms with Gasteiger partial charge in [-0.15, -0.1) is 0 Å². The first-order valence-corrected chi connectivity index (χ1v) is 13.8. The van der Waals surface area contributed by atoms with Crippen LogP contribution in [0.5, 0.6) is 5.75 Å². The minimum Gasteiger partial charge on any atom is -0.496 e. The van der Waals surface area contributed by atoms with Crippen molar-refractivity contribution < 1.29 is 14.5 Å². The quantitative estimate of drug-likeness (QED) is 0.268. The Morgan fingerprint density at radius 1 is 1.27 bits per heavy atom. The van der Waals surface area contributed by atoms with Gasteiger partial charge in [-0.3, -0.25) is 24.5 Å². The number of benzene rings is 2. The van der Waals surface area contributed by atoms with Crippen LogP contribution in [-0.4, -0.2) is 27.6 Å². The number of nitriles is 1. The van der Waals surface area contributed by atoms with E-state index in [9.17, 15) is 20.2 Å². The summed E-state index contributed by atoms with van der Waals surface area (Å²) in [6.45, 7) is 6.28. The van der Waals surface area contributed by atoms with E-state index < -0.39 is 10.8 Å². The molecule has 2 heterocycles. The molecule has 0 saturated carbocycles. The standard InChI is InChI=1S/C30H29BrN6O4/c1-17-9-20(31)6-7-23(17)36-24-11-30(2,3)12-25(38)28(24)27(22(13-32)29(36)33)18-5-8-26(41-4)19(10-18)15-35-16-21(14-34-35)37(39)40/h5-10,14,16,27H,11-12,15,33H2,1-4H3. The molecule has 1 aliphatic heterocycles. The third kappa shape index (κ3) is 5.11. The summed E-state index contributed by atoms with van der Waals surface area (Å²) >= 11 is 3.52. The molecule has 1 aromatic heterocycles. The smallest absolute Gasteiger partial charge is 0.307 e. The van der Waals surface area contributed by atoms with Gasteiger partial charge in [-0.1, -0.05) is 35.8 Å². The molecule has 0 saturated heterocycles. The van der Waals surface area contributed by atoms with E-state index in [2.05, 4.69) is 40.9 Å². The number of nitrogens with zero attached hydrogens (tertiary/aromatic N) is 5. The van der Waals surface area contributed by atoms with Crippen LogP contribution in [0.2, 0.25) is 0 Å². The highest BCUT2D eigenvalue weighted by Gasteiger charge is 2.45. The van der Waals surface area contributed by atoms with Gasteiger partial charge in [0.1, 0.15) is 24.0 Å². The summed E-state index contributed by atoms with van der Waals surface area (Å²) in [5.74, 6) is 0.131. The fourth-order valence-electron chi connectivity index (χ4n) is 5.80. The van der Waals surface area contributed by atoms with Crippen LogP contribution in [-0.2, 0) is 11.3 Å². The number of rotatable bonds is 6. The number of methoxy groups -OCH3 is 1. The normalized spacial score (nSPS) is 18.3. The van der Waals surface area contributed by atoms with E-state index >= 15 is 0 Å². The Morgan fingerprint density at radius 2 is 2.02 bits per heavy atom. The number of aryl methyl sites for hydroxylation is 1. The molecule has 1 atom stereocenters. The van der Waals surface area contributed by atoms with Crippen LogP contribution in [0.1, 0.15) is 49.3 Å². The molecule has 41 heavy (non-hydrogen) atoms. The SMILES string of the molecule is COc1ccc(C2C(C#N)=C(N)N(c3ccc(Br)cc3C)C3=C2C(=O)CC(C)(C)C3)cc1Cn1cc([N+](=O)[O-])cn1. The van der Waals surface area contributed by atoms with Gasteiger partial charge in [0.2, 0.25) is 0 Å². The summed E-state index contributed by atoms with van der Waals surface area (Å²) in [7, 11) is 1.54. The summed E-state index contributed by atoms with van der Waals surface area (Å²) in [6.07, 6.45) is 3.47. The lowest BCUT2D eigenvalue weighted by molar-refractivity contribution is -0.385. The lowest BCUT2D eigenvalue weighted by Crippen LogP contribution is -2.42. The molecular weight excluding hydrogens is 588 g/mol. The van der Waals surface area contributed by atoms with Crippen molar-refractivity contribution in [2.24, 2.45) is 11.1 Å². The number of hydrogen-bond donors (Lipinski definition) is 1. The van der Waals surface area contributed by atoms with Gasteiger partial charge < -0.3 is 10.5 Å². The Bertz CT molecular complexity index is 1700. The molecule has 0 spiro atoms. The molecule has 10 nitrogen and oxygen atoms in total. The molecule has 2 aliphatic rings. The van der Waals surface area contributed by atoms with E-state index in [1.54, 1.807) is 6.07 Å². The topological polar surface area (TPSA) is 140 Å². The third-order valence-corrected chi connectivity index (χ3v) is 8.07. The summed E-state index contributed by atoms with van der Waals surface area (Å²) in [6, 6.07) is 13.6. The van der Waals surface area contributed by atoms with Crippen LogP contribution in [0.4, 0.5) is 11.4 Å². The van der Waals surface area contributed by atoms with Crippen molar-refractivity contribution in [1.29, 1.82) is 5.26 Å². The van der Waals surface area contributed by atoms with Crippen molar-refractivity contribution in [3.63, 3.8) is 0 Å². The van der Waals surface area contributed by atoms with Crippen LogP contribution < -0.4 is 15.4 Å². The van der Waals surface area contributed by atoms with E-state index in [1.807, 2.05) is 42.2 Å². The maximum atomic E-state index is 13.9. The lowest BCUT2D eigenvalue weighted by Gasteiger charge is -2.44. The molecule has 11 heteroatoms. The van der Waals surface area contributed by atoms with Crippen molar-refractivity contribution in [2.45, 2.75) is 46.1 Å². The molecule has 0 bridgehead atoms. The molecule has 2 aromatic carbocycles. The maximum Gasteiger partial charge on any atom is 0.307 e. The van der Waals surface area contributed by atoms with Crippen LogP contribution >= 0.6 is 15.9 Å². The number of halogens is 1. The average Bonchev–Trinajstić information content (AvgIpc) is 3.37. The summed E-state index contributed by atoms with van der Waals surface area (Å²) in [4.78, 5) is 26.4. The van der Waals surface area contributed by atoms with Crippen LogP contribution in [0.25, 0.3) is 0 Å². The number of ether oxygens (including phenoxy) is 1. The number of carbonyl (C=O) groups excluding carboxylic acids is 1. The molecule has 210 valence electrons. The number of anilines is 1. The maximum absolute atomic E-state index is 13.9. The van der Waals surface area contributed by atoms with Crippen molar-refractivity contribution in [3.8, 4) is 11.8 Å². The fourth-order valence-corrected chi connectivity index (χ4v) is 6.27. The minimum atomic E-state index is -0.679. The third-order valence-electron chi connectivity index (χ3n) is 7.58. The first kappa shape index (κ1) is 28.1. The molecule has 1 aliphatic carbocycles. The molecule has 3 aromatic rings. The number of Topliss-reactive ketones (excluding diaryl/α,β-unsaturated/α-hetero) is 1.